The first-order chi connectivity index (χ1) is 12.9. The normalized spacial score (nSPS) is 18.6. The number of rotatable bonds is 4. The van der Waals surface area contributed by atoms with Crippen LogP contribution in [-0.2, 0) is 0 Å². The third-order valence-electron chi connectivity index (χ3n) is 5.44. The van der Waals surface area contributed by atoms with Gasteiger partial charge in [-0.1, -0.05) is 68.0 Å². The largest absolute Gasteiger partial charge is 0.378 e. The van der Waals surface area contributed by atoms with Crippen molar-refractivity contribution < 1.29 is 0 Å². The summed E-state index contributed by atoms with van der Waals surface area (Å²) in [6.45, 7) is 9.05. The second-order valence-electron chi connectivity index (χ2n) is 8.05. The first kappa shape index (κ1) is 19.2. The molecule has 0 aromatic heterocycles. The van der Waals surface area contributed by atoms with Crippen molar-refractivity contribution in [1.29, 1.82) is 0 Å². The average Bonchev–Trinajstić information content (AvgIpc) is 2.82. The number of hydrogen-bond acceptors (Lipinski definition) is 1. The van der Waals surface area contributed by atoms with Gasteiger partial charge in [0.25, 0.3) is 0 Å². The molecule has 0 saturated carbocycles. The summed E-state index contributed by atoms with van der Waals surface area (Å²) in [5, 5.41) is 0. The van der Waals surface area contributed by atoms with Gasteiger partial charge in [-0.25, -0.2) is 0 Å². The molecule has 140 valence electrons. The topological polar surface area (TPSA) is 3.24 Å². The fraction of sp³-hybridized carbons (Fsp3) is 0.308. The van der Waals surface area contributed by atoms with Gasteiger partial charge in [-0.3, -0.25) is 0 Å². The molecule has 2 aliphatic rings. The fourth-order valence-corrected chi connectivity index (χ4v) is 3.66. The van der Waals surface area contributed by atoms with Crippen molar-refractivity contribution in [3.63, 3.8) is 0 Å². The van der Waals surface area contributed by atoms with Gasteiger partial charge >= 0.3 is 0 Å². The van der Waals surface area contributed by atoms with Crippen molar-refractivity contribution in [3.8, 4) is 0 Å². The molecule has 27 heavy (non-hydrogen) atoms. The minimum Gasteiger partial charge on any atom is -0.378 e. The van der Waals surface area contributed by atoms with Crippen LogP contribution in [0.4, 0.5) is 5.69 Å². The minimum absolute atomic E-state index is 0.590. The Kier molecular flexibility index (Phi) is 5.70. The van der Waals surface area contributed by atoms with E-state index >= 15 is 0 Å². The molecular formula is C26H31N. The van der Waals surface area contributed by atoms with Gasteiger partial charge < -0.3 is 4.90 Å². The molecule has 0 N–H and O–H groups in total. The molecule has 3 rings (SSSR count). The average molecular weight is 358 g/mol. The van der Waals surface area contributed by atoms with Gasteiger partial charge in [-0.2, -0.15) is 0 Å². The lowest BCUT2D eigenvalue weighted by Crippen LogP contribution is -2.07. The van der Waals surface area contributed by atoms with Gasteiger partial charge in [-0.05, 0) is 71.7 Å². The maximum atomic E-state index is 2.42. The number of nitrogens with zero attached hydrogens (tertiary/aromatic N) is 1. The van der Waals surface area contributed by atoms with E-state index in [1.165, 1.54) is 44.7 Å². The Morgan fingerprint density at radius 2 is 1.67 bits per heavy atom. The van der Waals surface area contributed by atoms with Gasteiger partial charge in [-0.15, -0.1) is 0 Å². The Morgan fingerprint density at radius 1 is 0.963 bits per heavy atom. The molecule has 1 nitrogen and oxygen atoms in total. The van der Waals surface area contributed by atoms with Crippen LogP contribution in [0.25, 0.3) is 6.08 Å². The van der Waals surface area contributed by atoms with E-state index in [9.17, 15) is 0 Å². The predicted octanol–water partition coefficient (Wildman–Crippen LogP) is 6.88. The number of allylic oxidation sites excluding steroid dienone is 11. The summed E-state index contributed by atoms with van der Waals surface area (Å²) in [6, 6.07) is 8.64. The van der Waals surface area contributed by atoms with Crippen LogP contribution in [-0.4, -0.2) is 14.1 Å². The molecule has 0 amide bonds. The molecule has 0 atom stereocenters. The van der Waals surface area contributed by atoms with Gasteiger partial charge in [0.2, 0.25) is 0 Å². The first-order valence-electron chi connectivity index (χ1n) is 9.83. The Morgan fingerprint density at radius 3 is 2.30 bits per heavy atom. The second kappa shape index (κ2) is 8.00. The van der Waals surface area contributed by atoms with Crippen LogP contribution < -0.4 is 4.90 Å². The molecule has 1 aromatic rings. The fourth-order valence-electron chi connectivity index (χ4n) is 3.66. The summed E-state index contributed by atoms with van der Waals surface area (Å²) in [4.78, 5) is 2.12. The van der Waals surface area contributed by atoms with Crippen molar-refractivity contribution in [2.75, 3.05) is 19.0 Å². The highest BCUT2D eigenvalue weighted by atomic mass is 15.1. The molecule has 2 aliphatic carbocycles. The van der Waals surface area contributed by atoms with Gasteiger partial charge in [0, 0.05) is 19.8 Å². The smallest absolute Gasteiger partial charge is 0.0361 e. The molecule has 0 saturated heterocycles. The van der Waals surface area contributed by atoms with Gasteiger partial charge in [0.1, 0.15) is 0 Å². The molecule has 0 heterocycles. The lowest BCUT2D eigenvalue weighted by Gasteiger charge is -2.11. The zero-order valence-corrected chi connectivity index (χ0v) is 17.5. The van der Waals surface area contributed by atoms with Crippen LogP contribution in [0.15, 0.2) is 88.1 Å². The Balaban J connectivity index is 1.88. The Bertz CT molecular complexity index is 894. The van der Waals surface area contributed by atoms with E-state index in [0.29, 0.717) is 5.92 Å². The predicted molar refractivity (Wildman–Crippen MR) is 120 cm³/mol. The second-order valence-corrected chi connectivity index (χ2v) is 8.05. The van der Waals surface area contributed by atoms with Crippen LogP contribution in [0.2, 0.25) is 0 Å². The molecular weight excluding hydrogens is 326 g/mol. The molecule has 0 spiro atoms. The summed E-state index contributed by atoms with van der Waals surface area (Å²) in [6.07, 6.45) is 14.8. The SMILES string of the molecule is CC1=C/C(=C/C=C/c2ccc(N(C)C)cc2)C2=C1C=C(C(C)C)CC=C2C. The van der Waals surface area contributed by atoms with Gasteiger partial charge in [0.05, 0.1) is 0 Å². The van der Waals surface area contributed by atoms with Crippen LogP contribution >= 0.6 is 0 Å². The molecule has 0 fully saturated rings. The van der Waals surface area contributed by atoms with Crippen LogP contribution in [0.1, 0.15) is 39.7 Å². The van der Waals surface area contributed by atoms with Crippen molar-refractivity contribution >= 4 is 11.8 Å². The van der Waals surface area contributed by atoms with E-state index < -0.39 is 0 Å². The molecule has 0 unspecified atom stereocenters. The third kappa shape index (κ3) is 4.24. The Hall–Kier alpha value is -2.54. The maximum Gasteiger partial charge on any atom is 0.0361 e. The lowest BCUT2D eigenvalue weighted by molar-refractivity contribution is 0.746. The summed E-state index contributed by atoms with van der Waals surface area (Å²) in [5.74, 6) is 0.590. The molecule has 0 bridgehead atoms. The maximum absolute atomic E-state index is 2.42. The highest BCUT2D eigenvalue weighted by Gasteiger charge is 2.21. The molecule has 0 radical (unpaired) electrons. The summed E-state index contributed by atoms with van der Waals surface area (Å²) < 4.78 is 0. The van der Waals surface area contributed by atoms with E-state index in [1.54, 1.807) is 0 Å². The first-order valence-corrected chi connectivity index (χ1v) is 9.83. The van der Waals surface area contributed by atoms with Crippen molar-refractivity contribution in [3.05, 3.63) is 93.6 Å². The van der Waals surface area contributed by atoms with Crippen LogP contribution in [0.3, 0.4) is 0 Å². The lowest BCUT2D eigenvalue weighted by atomic mass is 9.96. The number of hydrogen-bond donors (Lipinski definition) is 0. The van der Waals surface area contributed by atoms with Gasteiger partial charge in [0.15, 0.2) is 0 Å². The summed E-state index contributed by atoms with van der Waals surface area (Å²) in [5.41, 5.74) is 10.8. The molecule has 1 heteroatoms. The third-order valence-corrected chi connectivity index (χ3v) is 5.44. The highest BCUT2D eigenvalue weighted by molar-refractivity contribution is 5.70. The Labute approximate surface area is 164 Å². The van der Waals surface area contributed by atoms with E-state index in [4.69, 9.17) is 0 Å². The van der Waals surface area contributed by atoms with E-state index in [0.717, 1.165) is 6.42 Å². The van der Waals surface area contributed by atoms with E-state index in [1.807, 2.05) is 0 Å². The number of benzene rings is 1. The quantitative estimate of drug-likeness (QED) is 0.567. The van der Waals surface area contributed by atoms with Crippen LogP contribution in [0.5, 0.6) is 0 Å². The van der Waals surface area contributed by atoms with E-state index in [-0.39, 0.29) is 0 Å². The highest BCUT2D eigenvalue weighted by Crippen LogP contribution is 2.39. The zero-order valence-electron chi connectivity index (χ0n) is 17.5. The number of anilines is 1. The zero-order chi connectivity index (χ0) is 19.6. The van der Waals surface area contributed by atoms with Crippen molar-refractivity contribution in [1.82, 2.24) is 0 Å². The minimum atomic E-state index is 0.590. The van der Waals surface area contributed by atoms with Crippen molar-refractivity contribution in [2.45, 2.75) is 34.1 Å². The summed E-state index contributed by atoms with van der Waals surface area (Å²) in [7, 11) is 4.13. The van der Waals surface area contributed by atoms with Crippen LogP contribution in [0, 0.1) is 5.92 Å². The molecule has 0 aliphatic heterocycles. The summed E-state index contributed by atoms with van der Waals surface area (Å²) >= 11 is 0. The van der Waals surface area contributed by atoms with E-state index in [2.05, 4.69) is 107 Å². The molecule has 1 aromatic carbocycles. The standard InChI is InChI=1S/C26H31N/c1-18(2)22-13-10-19(3)26-23(16-20(4)25(26)17-22)9-7-8-21-11-14-24(15-12-21)27(5)6/h7-12,14-18H,13H2,1-6H3/b8-7+,23-9-. The van der Waals surface area contributed by atoms with Crippen molar-refractivity contribution in [2.24, 2.45) is 5.92 Å². The monoisotopic (exact) mass is 357 g/mol.